The molecule has 1 aliphatic rings. The summed E-state index contributed by atoms with van der Waals surface area (Å²) in [6.07, 6.45) is 0.126. The topological polar surface area (TPSA) is 64.0 Å². The van der Waals surface area contributed by atoms with Crippen LogP contribution in [0, 0.1) is 20.8 Å². The summed E-state index contributed by atoms with van der Waals surface area (Å²) in [6, 6.07) is 13.3. The lowest BCUT2D eigenvalue weighted by molar-refractivity contribution is -0.116. The van der Waals surface area contributed by atoms with Crippen LogP contribution >= 0.6 is 15.9 Å². The van der Waals surface area contributed by atoms with Crippen molar-refractivity contribution in [1.29, 1.82) is 0 Å². The number of rotatable bonds is 3. The highest BCUT2D eigenvalue weighted by atomic mass is 79.9. The molecule has 0 fully saturated rings. The van der Waals surface area contributed by atoms with Crippen molar-refractivity contribution in [2.45, 2.75) is 33.1 Å². The Hall–Kier alpha value is -2.73. The predicted octanol–water partition coefficient (Wildman–Crippen LogP) is 4.87. The maximum atomic E-state index is 13.2. The Morgan fingerprint density at radius 3 is 2.50 bits per heavy atom. The smallest absolute Gasteiger partial charge is 0.226 e. The van der Waals surface area contributed by atoms with E-state index in [9.17, 15) is 9.59 Å². The van der Waals surface area contributed by atoms with E-state index in [2.05, 4.69) is 33.3 Å². The van der Waals surface area contributed by atoms with Gasteiger partial charge in [0.2, 0.25) is 5.91 Å². The van der Waals surface area contributed by atoms with Crippen LogP contribution in [0.4, 0.5) is 5.82 Å². The number of amides is 1. The standard InChI is InChI=1S/C22H20BrN3O2/c1-12-4-9-17(10-13(12)2)26-22-20(14(3)25-26)18(11-19(27)24-22)21(28)15-5-7-16(23)8-6-15/h4-10,18H,11H2,1-3H3,(H,24,27)/t18-/m1/s1. The lowest BCUT2D eigenvalue weighted by atomic mass is 9.85. The third-order valence-electron chi connectivity index (χ3n) is 5.28. The molecule has 1 atom stereocenters. The second kappa shape index (κ2) is 7.02. The minimum Gasteiger partial charge on any atom is -0.310 e. The first-order valence-electron chi connectivity index (χ1n) is 9.12. The van der Waals surface area contributed by atoms with Gasteiger partial charge in [0, 0.05) is 22.0 Å². The molecule has 2 aromatic carbocycles. The van der Waals surface area contributed by atoms with Gasteiger partial charge in [0.1, 0.15) is 5.82 Å². The molecule has 0 aliphatic carbocycles. The molecule has 1 amide bonds. The number of carbonyl (C=O) groups excluding carboxylic acids is 2. The van der Waals surface area contributed by atoms with Gasteiger partial charge in [0.15, 0.2) is 5.78 Å². The van der Waals surface area contributed by atoms with Crippen molar-refractivity contribution < 1.29 is 9.59 Å². The zero-order valence-corrected chi connectivity index (χ0v) is 17.5. The fraction of sp³-hybridized carbons (Fsp3) is 0.227. The van der Waals surface area contributed by atoms with Gasteiger partial charge in [0.05, 0.1) is 17.3 Å². The molecule has 0 saturated heterocycles. The van der Waals surface area contributed by atoms with E-state index in [1.807, 2.05) is 44.2 Å². The molecule has 28 heavy (non-hydrogen) atoms. The molecule has 6 heteroatoms. The van der Waals surface area contributed by atoms with Crippen LogP contribution in [0.3, 0.4) is 0 Å². The van der Waals surface area contributed by atoms with E-state index in [4.69, 9.17) is 0 Å². The van der Waals surface area contributed by atoms with Gasteiger partial charge in [-0.05, 0) is 56.2 Å². The number of nitrogens with one attached hydrogen (secondary N) is 1. The van der Waals surface area contributed by atoms with Crippen LogP contribution in [0.25, 0.3) is 5.69 Å². The summed E-state index contributed by atoms with van der Waals surface area (Å²) < 4.78 is 2.64. The SMILES string of the molecule is Cc1ccc(-n2nc(C)c3c2NC(=O)C[C@H]3C(=O)c2ccc(Br)cc2)cc1C. The molecule has 0 bridgehead atoms. The summed E-state index contributed by atoms with van der Waals surface area (Å²) >= 11 is 3.39. The van der Waals surface area contributed by atoms with E-state index in [0.717, 1.165) is 27.0 Å². The van der Waals surface area contributed by atoms with Gasteiger partial charge in [-0.3, -0.25) is 9.59 Å². The van der Waals surface area contributed by atoms with Crippen molar-refractivity contribution in [2.24, 2.45) is 0 Å². The molecule has 1 N–H and O–H groups in total. The number of Topliss-reactive ketones (excluding diaryl/α,β-unsaturated/α-hetero) is 1. The molecular weight excluding hydrogens is 418 g/mol. The molecule has 0 unspecified atom stereocenters. The molecule has 142 valence electrons. The number of fused-ring (bicyclic) bond motifs is 1. The lowest BCUT2D eigenvalue weighted by Crippen LogP contribution is -2.28. The monoisotopic (exact) mass is 437 g/mol. The van der Waals surface area contributed by atoms with Crippen molar-refractivity contribution in [1.82, 2.24) is 9.78 Å². The van der Waals surface area contributed by atoms with Gasteiger partial charge in [-0.1, -0.05) is 34.1 Å². The Morgan fingerprint density at radius 2 is 1.82 bits per heavy atom. The number of halogens is 1. The van der Waals surface area contributed by atoms with Crippen LogP contribution in [-0.2, 0) is 4.79 Å². The Kier molecular flexibility index (Phi) is 4.67. The van der Waals surface area contributed by atoms with Gasteiger partial charge < -0.3 is 5.32 Å². The molecule has 0 spiro atoms. The largest absolute Gasteiger partial charge is 0.310 e. The van der Waals surface area contributed by atoms with Crippen LogP contribution in [0.5, 0.6) is 0 Å². The second-order valence-electron chi connectivity index (χ2n) is 7.20. The van der Waals surface area contributed by atoms with Gasteiger partial charge in [-0.25, -0.2) is 4.68 Å². The summed E-state index contributed by atoms with van der Waals surface area (Å²) in [4.78, 5) is 25.6. The van der Waals surface area contributed by atoms with E-state index in [-0.39, 0.29) is 18.1 Å². The molecule has 3 aromatic rings. The number of aryl methyl sites for hydroxylation is 3. The Bertz CT molecular complexity index is 1100. The molecule has 5 nitrogen and oxygen atoms in total. The fourth-order valence-electron chi connectivity index (χ4n) is 3.63. The number of carbonyl (C=O) groups is 2. The van der Waals surface area contributed by atoms with Crippen molar-refractivity contribution >= 4 is 33.4 Å². The third-order valence-corrected chi connectivity index (χ3v) is 5.81. The molecular formula is C22H20BrN3O2. The number of benzene rings is 2. The highest BCUT2D eigenvalue weighted by Gasteiger charge is 2.36. The quantitative estimate of drug-likeness (QED) is 0.594. The van der Waals surface area contributed by atoms with Crippen LogP contribution < -0.4 is 5.32 Å². The fourth-order valence-corrected chi connectivity index (χ4v) is 3.89. The summed E-state index contributed by atoms with van der Waals surface area (Å²) in [7, 11) is 0. The summed E-state index contributed by atoms with van der Waals surface area (Å²) in [6.45, 7) is 5.98. The highest BCUT2D eigenvalue weighted by molar-refractivity contribution is 9.10. The molecule has 4 rings (SSSR count). The molecule has 2 heterocycles. The first-order chi connectivity index (χ1) is 13.3. The maximum absolute atomic E-state index is 13.2. The minimum absolute atomic E-state index is 0.0636. The van der Waals surface area contributed by atoms with Gasteiger partial charge >= 0.3 is 0 Å². The van der Waals surface area contributed by atoms with Gasteiger partial charge in [0.25, 0.3) is 0 Å². The average Bonchev–Trinajstić information content (AvgIpc) is 3.00. The minimum atomic E-state index is -0.537. The van der Waals surface area contributed by atoms with E-state index >= 15 is 0 Å². The first kappa shape index (κ1) is 18.6. The highest BCUT2D eigenvalue weighted by Crippen LogP contribution is 2.38. The molecule has 0 saturated carbocycles. The predicted molar refractivity (Wildman–Crippen MR) is 112 cm³/mol. The number of nitrogens with zero attached hydrogens (tertiary/aromatic N) is 2. The van der Waals surface area contributed by atoms with Crippen LogP contribution in [0.1, 0.15) is 45.1 Å². The number of anilines is 1. The summed E-state index contributed by atoms with van der Waals surface area (Å²) in [5.41, 5.74) is 5.34. The number of hydrogen-bond donors (Lipinski definition) is 1. The van der Waals surface area contributed by atoms with Crippen LogP contribution in [0.2, 0.25) is 0 Å². The maximum Gasteiger partial charge on any atom is 0.226 e. The Balaban J connectivity index is 1.82. The molecule has 1 aromatic heterocycles. The van der Waals surface area contributed by atoms with E-state index < -0.39 is 5.92 Å². The molecule has 1 aliphatic heterocycles. The zero-order valence-electron chi connectivity index (χ0n) is 15.9. The lowest BCUT2D eigenvalue weighted by Gasteiger charge is -2.23. The van der Waals surface area contributed by atoms with E-state index in [0.29, 0.717) is 11.4 Å². The number of hydrogen-bond acceptors (Lipinski definition) is 3. The zero-order chi connectivity index (χ0) is 20.0. The Morgan fingerprint density at radius 1 is 1.11 bits per heavy atom. The van der Waals surface area contributed by atoms with Crippen LogP contribution in [0.15, 0.2) is 46.9 Å². The number of aromatic nitrogens is 2. The molecule has 0 radical (unpaired) electrons. The van der Waals surface area contributed by atoms with E-state index in [1.165, 1.54) is 5.56 Å². The third kappa shape index (κ3) is 3.18. The van der Waals surface area contributed by atoms with Crippen molar-refractivity contribution in [3.63, 3.8) is 0 Å². The normalized spacial score (nSPS) is 15.9. The second-order valence-corrected chi connectivity index (χ2v) is 8.12. The van der Waals surface area contributed by atoms with Crippen molar-refractivity contribution in [2.75, 3.05) is 5.32 Å². The summed E-state index contributed by atoms with van der Waals surface area (Å²) in [5, 5.41) is 7.58. The van der Waals surface area contributed by atoms with Gasteiger partial charge in [-0.2, -0.15) is 5.10 Å². The van der Waals surface area contributed by atoms with Crippen molar-refractivity contribution in [3.05, 3.63) is 74.9 Å². The number of ketones is 1. The van der Waals surface area contributed by atoms with E-state index in [1.54, 1.807) is 16.8 Å². The van der Waals surface area contributed by atoms with Crippen LogP contribution in [-0.4, -0.2) is 21.5 Å². The Labute approximate surface area is 171 Å². The summed E-state index contributed by atoms with van der Waals surface area (Å²) in [5.74, 6) is -0.183. The first-order valence-corrected chi connectivity index (χ1v) is 9.91. The average molecular weight is 438 g/mol. The van der Waals surface area contributed by atoms with Gasteiger partial charge in [-0.15, -0.1) is 0 Å². The van der Waals surface area contributed by atoms with Crippen molar-refractivity contribution in [3.8, 4) is 5.69 Å².